The van der Waals surface area contributed by atoms with Crippen LogP contribution in [0.3, 0.4) is 0 Å². The maximum atomic E-state index is 14.0. The number of nitrogens with one attached hydrogen (secondary N) is 1. The van der Waals surface area contributed by atoms with E-state index in [0.717, 1.165) is 12.8 Å². The van der Waals surface area contributed by atoms with E-state index in [4.69, 9.17) is 10.5 Å². The standard InChI is InChI=1S/C13H16F2N2OS/c1-13(4-6-18-7-5-13)17-9-3-2-8(12(16)19)10(14)11(9)15/h2-3,17H,4-7H2,1H3,(H2,16,19). The molecule has 1 fully saturated rings. The second kappa shape index (κ2) is 5.38. The van der Waals surface area contributed by atoms with Crippen molar-refractivity contribution in [3.63, 3.8) is 0 Å². The number of anilines is 1. The first-order valence-electron chi connectivity index (χ1n) is 6.07. The van der Waals surface area contributed by atoms with Gasteiger partial charge in [-0.15, -0.1) is 0 Å². The van der Waals surface area contributed by atoms with Gasteiger partial charge >= 0.3 is 0 Å². The van der Waals surface area contributed by atoms with Crippen molar-refractivity contribution in [2.45, 2.75) is 25.3 Å². The van der Waals surface area contributed by atoms with Crippen LogP contribution in [0, 0.1) is 11.6 Å². The van der Waals surface area contributed by atoms with Gasteiger partial charge in [0, 0.05) is 24.3 Å². The molecule has 0 aromatic heterocycles. The Hall–Kier alpha value is -1.27. The average molecular weight is 286 g/mol. The minimum absolute atomic E-state index is 0.0739. The lowest BCUT2D eigenvalue weighted by atomic mass is 9.92. The van der Waals surface area contributed by atoms with Crippen LogP contribution in [-0.4, -0.2) is 23.7 Å². The van der Waals surface area contributed by atoms with Gasteiger partial charge in [0.25, 0.3) is 0 Å². The number of benzene rings is 1. The molecule has 1 aromatic carbocycles. The molecule has 1 heterocycles. The Morgan fingerprint density at radius 2 is 1.95 bits per heavy atom. The third-order valence-corrected chi connectivity index (χ3v) is 3.60. The molecular weight excluding hydrogens is 270 g/mol. The van der Waals surface area contributed by atoms with E-state index in [2.05, 4.69) is 17.5 Å². The van der Waals surface area contributed by atoms with Crippen LogP contribution in [0.2, 0.25) is 0 Å². The normalized spacial score (nSPS) is 18.1. The van der Waals surface area contributed by atoms with Crippen molar-refractivity contribution in [1.82, 2.24) is 0 Å². The van der Waals surface area contributed by atoms with Crippen molar-refractivity contribution in [3.05, 3.63) is 29.3 Å². The molecule has 6 heteroatoms. The molecule has 0 amide bonds. The molecular formula is C13H16F2N2OS. The van der Waals surface area contributed by atoms with Gasteiger partial charge in [0.05, 0.1) is 5.69 Å². The van der Waals surface area contributed by atoms with Crippen molar-refractivity contribution >= 4 is 22.9 Å². The van der Waals surface area contributed by atoms with Crippen LogP contribution in [0.15, 0.2) is 12.1 Å². The first-order chi connectivity index (χ1) is 8.93. The summed E-state index contributed by atoms with van der Waals surface area (Å²) < 4.78 is 33.0. The molecule has 19 heavy (non-hydrogen) atoms. The number of thiocarbonyl (C=S) groups is 1. The lowest BCUT2D eigenvalue weighted by molar-refractivity contribution is 0.0657. The zero-order valence-corrected chi connectivity index (χ0v) is 11.4. The van der Waals surface area contributed by atoms with Gasteiger partial charge in [-0.3, -0.25) is 0 Å². The highest BCUT2D eigenvalue weighted by atomic mass is 32.1. The van der Waals surface area contributed by atoms with E-state index in [1.54, 1.807) is 0 Å². The predicted molar refractivity (Wildman–Crippen MR) is 74.3 cm³/mol. The van der Waals surface area contributed by atoms with Gasteiger partial charge < -0.3 is 15.8 Å². The van der Waals surface area contributed by atoms with Gasteiger partial charge in [0.15, 0.2) is 11.6 Å². The zero-order valence-electron chi connectivity index (χ0n) is 10.6. The average Bonchev–Trinajstić information content (AvgIpc) is 2.35. The molecule has 0 spiro atoms. The molecule has 104 valence electrons. The summed E-state index contributed by atoms with van der Waals surface area (Å²) in [7, 11) is 0. The summed E-state index contributed by atoms with van der Waals surface area (Å²) in [5.41, 5.74) is 5.09. The Kier molecular flexibility index (Phi) is 4.01. The van der Waals surface area contributed by atoms with Crippen LogP contribution >= 0.6 is 12.2 Å². The number of nitrogens with two attached hydrogens (primary N) is 1. The summed E-state index contributed by atoms with van der Waals surface area (Å²) in [5.74, 6) is -1.95. The number of ether oxygens (including phenoxy) is 1. The van der Waals surface area contributed by atoms with Gasteiger partial charge in [0.1, 0.15) is 4.99 Å². The number of hydrogen-bond donors (Lipinski definition) is 2. The van der Waals surface area contributed by atoms with Gasteiger partial charge in [-0.25, -0.2) is 8.78 Å². The highest BCUT2D eigenvalue weighted by molar-refractivity contribution is 7.80. The lowest BCUT2D eigenvalue weighted by Gasteiger charge is -2.35. The minimum Gasteiger partial charge on any atom is -0.389 e. The van der Waals surface area contributed by atoms with Crippen LogP contribution in [0.5, 0.6) is 0 Å². The Morgan fingerprint density at radius 3 is 2.53 bits per heavy atom. The summed E-state index contributed by atoms with van der Waals surface area (Å²) >= 11 is 4.67. The third kappa shape index (κ3) is 3.01. The van der Waals surface area contributed by atoms with E-state index in [1.807, 2.05) is 6.92 Å². The molecule has 3 nitrogen and oxygen atoms in total. The first kappa shape index (κ1) is 14.1. The van der Waals surface area contributed by atoms with E-state index in [-0.39, 0.29) is 21.8 Å². The van der Waals surface area contributed by atoms with Crippen molar-refractivity contribution in [2.24, 2.45) is 5.73 Å². The summed E-state index contributed by atoms with van der Waals surface area (Å²) in [4.78, 5) is -0.153. The molecule has 0 unspecified atom stereocenters. The Bertz CT molecular complexity index is 502. The van der Waals surface area contributed by atoms with Gasteiger partial charge in [-0.1, -0.05) is 12.2 Å². The fourth-order valence-corrected chi connectivity index (χ4v) is 2.27. The fraction of sp³-hybridized carbons (Fsp3) is 0.462. The molecule has 1 saturated heterocycles. The molecule has 0 radical (unpaired) electrons. The van der Waals surface area contributed by atoms with E-state index >= 15 is 0 Å². The monoisotopic (exact) mass is 286 g/mol. The molecule has 0 aliphatic carbocycles. The largest absolute Gasteiger partial charge is 0.389 e. The summed E-state index contributed by atoms with van der Waals surface area (Å²) in [6, 6.07) is 2.86. The van der Waals surface area contributed by atoms with Crippen LogP contribution in [0.4, 0.5) is 14.5 Å². The van der Waals surface area contributed by atoms with Gasteiger partial charge in [-0.2, -0.15) is 0 Å². The van der Waals surface area contributed by atoms with E-state index in [0.29, 0.717) is 13.2 Å². The Balaban J connectivity index is 2.26. The van der Waals surface area contributed by atoms with Gasteiger partial charge in [-0.05, 0) is 31.9 Å². The van der Waals surface area contributed by atoms with Crippen molar-refractivity contribution in [2.75, 3.05) is 18.5 Å². The van der Waals surface area contributed by atoms with Crippen LogP contribution < -0.4 is 11.1 Å². The van der Waals surface area contributed by atoms with Crippen LogP contribution in [0.25, 0.3) is 0 Å². The highest BCUT2D eigenvalue weighted by Gasteiger charge is 2.28. The number of rotatable bonds is 3. The Labute approximate surface area is 116 Å². The van der Waals surface area contributed by atoms with Crippen molar-refractivity contribution in [3.8, 4) is 0 Å². The lowest BCUT2D eigenvalue weighted by Crippen LogP contribution is -2.41. The Morgan fingerprint density at radius 1 is 1.32 bits per heavy atom. The fourth-order valence-electron chi connectivity index (χ4n) is 2.11. The number of hydrogen-bond acceptors (Lipinski definition) is 3. The molecule has 1 aliphatic heterocycles. The highest BCUT2D eigenvalue weighted by Crippen LogP contribution is 2.28. The van der Waals surface area contributed by atoms with E-state index in [9.17, 15) is 8.78 Å². The summed E-state index contributed by atoms with van der Waals surface area (Å²) in [6.45, 7) is 3.19. The third-order valence-electron chi connectivity index (χ3n) is 3.38. The van der Waals surface area contributed by atoms with Gasteiger partial charge in [0.2, 0.25) is 0 Å². The molecule has 3 N–H and O–H groups in total. The smallest absolute Gasteiger partial charge is 0.182 e. The molecule has 1 aliphatic rings. The van der Waals surface area contributed by atoms with E-state index < -0.39 is 11.6 Å². The predicted octanol–water partition coefficient (Wildman–Crippen LogP) is 2.58. The molecule has 2 rings (SSSR count). The first-order valence-corrected chi connectivity index (χ1v) is 6.47. The van der Waals surface area contributed by atoms with Crippen molar-refractivity contribution in [1.29, 1.82) is 0 Å². The van der Waals surface area contributed by atoms with Crippen molar-refractivity contribution < 1.29 is 13.5 Å². The quantitative estimate of drug-likeness (QED) is 0.839. The van der Waals surface area contributed by atoms with Crippen LogP contribution in [0.1, 0.15) is 25.3 Å². The summed E-state index contributed by atoms with van der Waals surface area (Å²) in [5, 5.41) is 3.05. The van der Waals surface area contributed by atoms with E-state index in [1.165, 1.54) is 12.1 Å². The second-order valence-electron chi connectivity index (χ2n) is 4.95. The molecule has 0 bridgehead atoms. The topological polar surface area (TPSA) is 47.3 Å². The zero-order chi connectivity index (χ0) is 14.0. The maximum Gasteiger partial charge on any atom is 0.182 e. The molecule has 0 atom stereocenters. The maximum absolute atomic E-state index is 14.0. The SMILES string of the molecule is CC1(Nc2ccc(C(N)=S)c(F)c2F)CCOCC1. The van der Waals surface area contributed by atoms with Crippen LogP contribution in [-0.2, 0) is 4.74 Å². The minimum atomic E-state index is -1.01. The molecule has 0 saturated carbocycles. The molecule has 1 aromatic rings. The second-order valence-corrected chi connectivity index (χ2v) is 5.39. The summed E-state index contributed by atoms with van der Waals surface area (Å²) in [6.07, 6.45) is 1.48. The number of halogens is 2.